The minimum absolute atomic E-state index is 0.0420. The summed E-state index contributed by atoms with van der Waals surface area (Å²) in [5.41, 5.74) is 4.18. The van der Waals surface area contributed by atoms with Crippen molar-refractivity contribution >= 4 is 10.9 Å². The minimum atomic E-state index is -0.434. The maximum atomic E-state index is 6.32. The molecule has 34 heavy (non-hydrogen) atoms. The van der Waals surface area contributed by atoms with Gasteiger partial charge < -0.3 is 14.2 Å². The molecule has 3 heterocycles. The molecular formula is C28H33N3O3. The first-order chi connectivity index (χ1) is 16.4. The van der Waals surface area contributed by atoms with Gasteiger partial charge in [0.2, 0.25) is 5.88 Å². The zero-order valence-electron chi connectivity index (χ0n) is 20.5. The zero-order chi connectivity index (χ0) is 23.5. The third-order valence-electron chi connectivity index (χ3n) is 8.34. The van der Waals surface area contributed by atoms with Gasteiger partial charge in [0.15, 0.2) is 11.6 Å². The number of ether oxygens (including phenoxy) is 3. The highest BCUT2D eigenvalue weighted by atomic mass is 16.7. The summed E-state index contributed by atoms with van der Waals surface area (Å²) < 4.78 is 18.7. The lowest BCUT2D eigenvalue weighted by Gasteiger charge is -2.54. The van der Waals surface area contributed by atoms with E-state index in [0.717, 1.165) is 59.5 Å². The average Bonchev–Trinajstić information content (AvgIpc) is 3.31. The largest absolute Gasteiger partial charge is 0.475 e. The van der Waals surface area contributed by atoms with Gasteiger partial charge in [0.05, 0.1) is 30.5 Å². The quantitative estimate of drug-likeness (QED) is 0.517. The molecule has 3 atom stereocenters. The summed E-state index contributed by atoms with van der Waals surface area (Å²) in [5, 5.41) is 1.06. The van der Waals surface area contributed by atoms with Gasteiger partial charge in [-0.2, -0.15) is 4.98 Å². The Morgan fingerprint density at radius 2 is 1.85 bits per heavy atom. The monoisotopic (exact) mass is 459 g/mol. The Morgan fingerprint density at radius 1 is 1.06 bits per heavy atom. The predicted molar refractivity (Wildman–Crippen MR) is 131 cm³/mol. The standard InChI is InChI=1S/C28H33N3O3/c1-17(2)34-26-21-9-10-22-18(3)28(32-15-16-33-28)13-12-27(22,4)24(21)30-25(31-26)20-11-14-29-23-8-6-5-7-19(20)23/h5-8,11,14,17-18,22H,9-10,12-13,15-16H2,1-4H3/t18-,22-,27-/m1/s1. The lowest BCUT2D eigenvalue weighted by atomic mass is 9.55. The third kappa shape index (κ3) is 3.26. The summed E-state index contributed by atoms with van der Waals surface area (Å²) in [5.74, 6) is 1.75. The van der Waals surface area contributed by atoms with Crippen LogP contribution in [0.1, 0.15) is 58.2 Å². The van der Waals surface area contributed by atoms with Crippen LogP contribution in [0.5, 0.6) is 5.88 Å². The highest BCUT2D eigenvalue weighted by Crippen LogP contribution is 2.57. The smallest absolute Gasteiger partial charge is 0.220 e. The van der Waals surface area contributed by atoms with E-state index in [1.54, 1.807) is 0 Å². The molecule has 2 fully saturated rings. The maximum Gasteiger partial charge on any atom is 0.220 e. The first-order valence-corrected chi connectivity index (χ1v) is 12.6. The van der Waals surface area contributed by atoms with Gasteiger partial charge in [-0.3, -0.25) is 4.98 Å². The van der Waals surface area contributed by atoms with Crippen molar-refractivity contribution in [2.75, 3.05) is 13.2 Å². The molecule has 1 aliphatic heterocycles. The summed E-state index contributed by atoms with van der Waals surface area (Å²) in [7, 11) is 0. The number of nitrogens with zero attached hydrogens (tertiary/aromatic N) is 3. The number of pyridine rings is 1. The van der Waals surface area contributed by atoms with Crippen LogP contribution in [0.25, 0.3) is 22.3 Å². The van der Waals surface area contributed by atoms with Gasteiger partial charge in [-0.1, -0.05) is 32.0 Å². The van der Waals surface area contributed by atoms with Crippen LogP contribution < -0.4 is 4.74 Å². The van der Waals surface area contributed by atoms with Crippen molar-refractivity contribution < 1.29 is 14.2 Å². The highest BCUT2D eigenvalue weighted by Gasteiger charge is 2.58. The molecule has 6 nitrogen and oxygen atoms in total. The molecule has 1 spiro atoms. The number of rotatable bonds is 3. The fourth-order valence-corrected chi connectivity index (χ4v) is 6.64. The number of fused-ring (bicyclic) bond motifs is 4. The summed E-state index contributed by atoms with van der Waals surface area (Å²) in [6.45, 7) is 10.2. The molecule has 178 valence electrons. The molecule has 3 aromatic rings. The fraction of sp³-hybridized carbons (Fsp3) is 0.536. The van der Waals surface area contributed by atoms with Gasteiger partial charge in [0, 0.05) is 40.5 Å². The zero-order valence-corrected chi connectivity index (χ0v) is 20.5. The van der Waals surface area contributed by atoms with Crippen LogP contribution in [-0.2, 0) is 21.3 Å². The van der Waals surface area contributed by atoms with E-state index in [9.17, 15) is 0 Å². The Kier molecular flexibility index (Phi) is 5.15. The van der Waals surface area contributed by atoms with Crippen LogP contribution >= 0.6 is 0 Å². The predicted octanol–water partition coefficient (Wildman–Crippen LogP) is 5.47. The molecule has 2 aromatic heterocycles. The Hall–Kier alpha value is -2.57. The van der Waals surface area contributed by atoms with Crippen molar-refractivity contribution in [1.29, 1.82) is 0 Å². The number of aromatic nitrogens is 3. The molecule has 1 aromatic carbocycles. The van der Waals surface area contributed by atoms with Gasteiger partial charge in [-0.15, -0.1) is 0 Å². The molecule has 0 bridgehead atoms. The highest BCUT2D eigenvalue weighted by molar-refractivity contribution is 5.92. The number of para-hydroxylation sites is 1. The topological polar surface area (TPSA) is 66.4 Å². The molecule has 0 unspecified atom stereocenters. The number of hydrogen-bond acceptors (Lipinski definition) is 6. The van der Waals surface area contributed by atoms with Crippen molar-refractivity contribution in [2.45, 2.75) is 70.7 Å². The van der Waals surface area contributed by atoms with E-state index in [2.05, 4.69) is 38.7 Å². The lowest BCUT2D eigenvalue weighted by Crippen LogP contribution is -2.55. The van der Waals surface area contributed by atoms with E-state index < -0.39 is 5.79 Å². The number of hydrogen-bond donors (Lipinski definition) is 0. The molecular weight excluding hydrogens is 426 g/mol. The van der Waals surface area contributed by atoms with Crippen molar-refractivity contribution in [3.8, 4) is 17.3 Å². The summed E-state index contributed by atoms with van der Waals surface area (Å²) in [6, 6.07) is 10.2. The van der Waals surface area contributed by atoms with Crippen LogP contribution in [0.15, 0.2) is 36.5 Å². The van der Waals surface area contributed by atoms with E-state index in [-0.39, 0.29) is 11.5 Å². The van der Waals surface area contributed by atoms with Crippen molar-refractivity contribution in [2.24, 2.45) is 11.8 Å². The van der Waals surface area contributed by atoms with Gasteiger partial charge in [0.1, 0.15) is 0 Å². The molecule has 0 radical (unpaired) electrons. The molecule has 0 N–H and O–H groups in total. The van der Waals surface area contributed by atoms with Crippen LogP contribution in [0, 0.1) is 11.8 Å². The first-order valence-electron chi connectivity index (χ1n) is 12.6. The van der Waals surface area contributed by atoms with Gasteiger partial charge in [-0.05, 0) is 51.2 Å². The maximum absolute atomic E-state index is 6.32. The fourth-order valence-electron chi connectivity index (χ4n) is 6.64. The molecule has 3 aliphatic rings. The van der Waals surface area contributed by atoms with E-state index >= 15 is 0 Å². The molecule has 1 saturated carbocycles. The molecule has 6 rings (SSSR count). The van der Waals surface area contributed by atoms with Gasteiger partial charge in [-0.25, -0.2) is 4.98 Å². The Labute approximate surface area is 201 Å². The molecule has 1 saturated heterocycles. The van der Waals surface area contributed by atoms with Gasteiger partial charge in [0.25, 0.3) is 0 Å². The summed E-state index contributed by atoms with van der Waals surface area (Å²) >= 11 is 0. The summed E-state index contributed by atoms with van der Waals surface area (Å²) in [6.07, 6.45) is 5.72. The minimum Gasteiger partial charge on any atom is -0.475 e. The van der Waals surface area contributed by atoms with E-state index in [1.807, 2.05) is 30.5 Å². The van der Waals surface area contributed by atoms with E-state index in [4.69, 9.17) is 24.2 Å². The third-order valence-corrected chi connectivity index (χ3v) is 8.34. The Bertz CT molecular complexity index is 1230. The molecule has 6 heteroatoms. The molecule has 2 aliphatic carbocycles. The second kappa shape index (κ2) is 7.99. The second-order valence-corrected chi connectivity index (χ2v) is 10.6. The van der Waals surface area contributed by atoms with Crippen LogP contribution in [0.3, 0.4) is 0 Å². The SMILES string of the molecule is CC(C)Oc1nc(-c2ccnc3ccccc23)nc2c1CC[C@@H]1[C@@H](C)C3(CC[C@@]21C)OCCO3. The Morgan fingerprint density at radius 3 is 2.65 bits per heavy atom. The van der Waals surface area contributed by atoms with E-state index in [0.29, 0.717) is 25.0 Å². The van der Waals surface area contributed by atoms with Gasteiger partial charge >= 0.3 is 0 Å². The average molecular weight is 460 g/mol. The van der Waals surface area contributed by atoms with Crippen molar-refractivity contribution in [3.05, 3.63) is 47.8 Å². The van der Waals surface area contributed by atoms with Crippen molar-refractivity contribution in [3.63, 3.8) is 0 Å². The van der Waals surface area contributed by atoms with Crippen LogP contribution in [0.4, 0.5) is 0 Å². The van der Waals surface area contributed by atoms with Crippen LogP contribution in [0.2, 0.25) is 0 Å². The second-order valence-electron chi connectivity index (χ2n) is 10.6. The van der Waals surface area contributed by atoms with Crippen molar-refractivity contribution in [1.82, 2.24) is 15.0 Å². The van der Waals surface area contributed by atoms with E-state index in [1.165, 1.54) is 5.56 Å². The summed E-state index contributed by atoms with van der Waals surface area (Å²) in [4.78, 5) is 14.8. The first kappa shape index (κ1) is 21.9. The molecule has 0 amide bonds. The lowest BCUT2D eigenvalue weighted by molar-refractivity contribution is -0.234. The Balaban J connectivity index is 1.52. The van der Waals surface area contributed by atoms with Crippen LogP contribution in [-0.4, -0.2) is 40.1 Å². The normalized spacial score (nSPS) is 27.7. The number of benzene rings is 1.